The van der Waals surface area contributed by atoms with Crippen molar-refractivity contribution in [2.45, 2.75) is 19.4 Å². The first-order valence-corrected chi connectivity index (χ1v) is 8.33. The molecular formula is C21H16F2N2O. The van der Waals surface area contributed by atoms with E-state index in [4.69, 9.17) is 0 Å². The van der Waals surface area contributed by atoms with Gasteiger partial charge in [0.05, 0.1) is 29.8 Å². The van der Waals surface area contributed by atoms with Crippen LogP contribution in [0, 0.1) is 11.6 Å². The Balaban J connectivity index is 1.75. The summed E-state index contributed by atoms with van der Waals surface area (Å²) in [6.45, 7) is 1.99. The van der Waals surface area contributed by atoms with Gasteiger partial charge < -0.3 is 4.57 Å². The summed E-state index contributed by atoms with van der Waals surface area (Å²) in [5.74, 6) is -1.77. The maximum atomic E-state index is 14.0. The summed E-state index contributed by atoms with van der Waals surface area (Å²) in [6, 6.07) is 12.4. The van der Waals surface area contributed by atoms with Crippen LogP contribution in [0.25, 0.3) is 11.1 Å². The number of nitrogens with zero attached hydrogens (tertiary/aromatic N) is 2. The zero-order valence-corrected chi connectivity index (χ0v) is 14.1. The fraction of sp³-hybridized carbons (Fsp3) is 0.143. The average molecular weight is 350 g/mol. The van der Waals surface area contributed by atoms with Crippen LogP contribution in [0.3, 0.4) is 0 Å². The van der Waals surface area contributed by atoms with E-state index in [1.807, 2.05) is 41.8 Å². The first-order valence-electron chi connectivity index (χ1n) is 8.33. The molecule has 0 radical (unpaired) electrons. The molecule has 1 aliphatic heterocycles. The molecule has 0 saturated carbocycles. The van der Waals surface area contributed by atoms with Crippen molar-refractivity contribution in [3.05, 3.63) is 89.5 Å². The van der Waals surface area contributed by atoms with Crippen molar-refractivity contribution < 1.29 is 13.6 Å². The van der Waals surface area contributed by atoms with Crippen molar-refractivity contribution in [2.75, 3.05) is 0 Å². The van der Waals surface area contributed by atoms with Gasteiger partial charge in [0.1, 0.15) is 11.6 Å². The Hall–Kier alpha value is -3.08. The van der Waals surface area contributed by atoms with Crippen LogP contribution in [0.4, 0.5) is 8.78 Å². The standard InChI is InChI=1S/C21H16F2N2O/c1-13-19-11-24-12-25(19)18(21(13)14-5-3-2-4-6-14)10-20(26)16-9-15(22)7-8-17(16)23/h2-9,11-12,18H,10H2,1H3. The Morgan fingerprint density at radius 3 is 2.69 bits per heavy atom. The zero-order valence-electron chi connectivity index (χ0n) is 14.1. The van der Waals surface area contributed by atoms with Gasteiger partial charge in [0.2, 0.25) is 0 Å². The lowest BCUT2D eigenvalue weighted by Gasteiger charge is -2.18. The summed E-state index contributed by atoms with van der Waals surface area (Å²) >= 11 is 0. The fourth-order valence-electron chi connectivity index (χ4n) is 3.59. The van der Waals surface area contributed by atoms with Gasteiger partial charge in [0.15, 0.2) is 5.78 Å². The molecular weight excluding hydrogens is 334 g/mol. The number of imidazole rings is 1. The third-order valence-corrected chi connectivity index (χ3v) is 4.82. The van der Waals surface area contributed by atoms with Crippen LogP contribution in [0.2, 0.25) is 0 Å². The fourth-order valence-corrected chi connectivity index (χ4v) is 3.59. The van der Waals surface area contributed by atoms with Crippen LogP contribution in [0.15, 0.2) is 61.1 Å². The van der Waals surface area contributed by atoms with E-state index in [-0.39, 0.29) is 18.0 Å². The van der Waals surface area contributed by atoms with Gasteiger partial charge in [-0.2, -0.15) is 0 Å². The van der Waals surface area contributed by atoms with Gasteiger partial charge in [-0.15, -0.1) is 0 Å². The van der Waals surface area contributed by atoms with E-state index in [2.05, 4.69) is 4.98 Å². The Morgan fingerprint density at radius 1 is 1.15 bits per heavy atom. The second-order valence-electron chi connectivity index (χ2n) is 6.36. The summed E-state index contributed by atoms with van der Waals surface area (Å²) in [6.07, 6.45) is 3.46. The van der Waals surface area contributed by atoms with E-state index in [0.29, 0.717) is 0 Å². The lowest BCUT2D eigenvalue weighted by atomic mass is 9.91. The topological polar surface area (TPSA) is 34.9 Å². The number of rotatable bonds is 4. The van der Waals surface area contributed by atoms with Crippen molar-refractivity contribution in [1.29, 1.82) is 0 Å². The highest BCUT2D eigenvalue weighted by Crippen LogP contribution is 2.44. The van der Waals surface area contributed by atoms with Gasteiger partial charge in [-0.05, 0) is 41.8 Å². The van der Waals surface area contributed by atoms with Crippen LogP contribution in [-0.2, 0) is 0 Å². The van der Waals surface area contributed by atoms with Crippen LogP contribution in [0.5, 0.6) is 0 Å². The number of hydrogen-bond acceptors (Lipinski definition) is 2. The van der Waals surface area contributed by atoms with E-state index in [1.54, 1.807) is 12.5 Å². The summed E-state index contributed by atoms with van der Waals surface area (Å²) < 4.78 is 29.4. The molecule has 0 amide bonds. The summed E-state index contributed by atoms with van der Waals surface area (Å²) in [4.78, 5) is 16.9. The molecule has 3 nitrogen and oxygen atoms in total. The molecule has 0 N–H and O–H groups in total. The molecule has 0 spiro atoms. The second-order valence-corrected chi connectivity index (χ2v) is 6.36. The van der Waals surface area contributed by atoms with Crippen molar-refractivity contribution in [1.82, 2.24) is 9.55 Å². The molecule has 26 heavy (non-hydrogen) atoms. The number of carbonyl (C=O) groups is 1. The Bertz CT molecular complexity index is 1020. The molecule has 1 atom stereocenters. The lowest BCUT2D eigenvalue weighted by Crippen LogP contribution is -2.14. The highest BCUT2D eigenvalue weighted by atomic mass is 19.1. The molecule has 0 fully saturated rings. The number of aromatic nitrogens is 2. The Morgan fingerprint density at radius 2 is 1.92 bits per heavy atom. The Kier molecular flexibility index (Phi) is 3.99. The van der Waals surface area contributed by atoms with E-state index in [9.17, 15) is 13.6 Å². The maximum Gasteiger partial charge on any atom is 0.168 e. The number of Topliss-reactive ketones (excluding diaryl/α,β-unsaturated/α-hetero) is 1. The van der Waals surface area contributed by atoms with Crippen molar-refractivity contribution >= 4 is 16.9 Å². The molecule has 1 unspecified atom stereocenters. The SMILES string of the molecule is CC1=C(c2ccccc2)C(CC(=O)c2cc(F)ccc2F)n2cncc21. The molecule has 2 aromatic carbocycles. The number of allylic oxidation sites excluding steroid dienone is 2. The molecule has 1 aromatic heterocycles. The molecule has 5 heteroatoms. The van der Waals surface area contributed by atoms with Gasteiger partial charge in [0, 0.05) is 6.42 Å². The second kappa shape index (κ2) is 6.33. The maximum absolute atomic E-state index is 14.0. The molecule has 0 aliphatic carbocycles. The van der Waals surface area contributed by atoms with Crippen LogP contribution >= 0.6 is 0 Å². The number of hydrogen-bond donors (Lipinski definition) is 0. The van der Waals surface area contributed by atoms with Crippen LogP contribution in [-0.4, -0.2) is 15.3 Å². The molecule has 4 rings (SSSR count). The van der Waals surface area contributed by atoms with E-state index >= 15 is 0 Å². The smallest absolute Gasteiger partial charge is 0.168 e. The summed E-state index contributed by atoms with van der Waals surface area (Å²) in [7, 11) is 0. The van der Waals surface area contributed by atoms with E-state index in [0.717, 1.165) is 40.6 Å². The van der Waals surface area contributed by atoms with Gasteiger partial charge in [-0.3, -0.25) is 4.79 Å². The lowest BCUT2D eigenvalue weighted by molar-refractivity contribution is 0.0968. The third-order valence-electron chi connectivity index (χ3n) is 4.82. The number of halogens is 2. The third kappa shape index (κ3) is 2.65. The average Bonchev–Trinajstić information content (AvgIpc) is 3.21. The van der Waals surface area contributed by atoms with Gasteiger partial charge in [-0.1, -0.05) is 30.3 Å². The minimum absolute atomic E-state index is 0.0330. The summed E-state index contributed by atoms with van der Waals surface area (Å²) in [5, 5.41) is 0. The first-order chi connectivity index (χ1) is 12.6. The zero-order chi connectivity index (χ0) is 18.3. The molecule has 130 valence electrons. The summed E-state index contributed by atoms with van der Waals surface area (Å²) in [5.41, 5.74) is 3.76. The predicted molar refractivity (Wildman–Crippen MR) is 95.5 cm³/mol. The molecule has 0 bridgehead atoms. The van der Waals surface area contributed by atoms with Gasteiger partial charge >= 0.3 is 0 Å². The van der Waals surface area contributed by atoms with Crippen LogP contribution in [0.1, 0.15) is 41.0 Å². The monoisotopic (exact) mass is 350 g/mol. The Labute approximate surface area is 149 Å². The molecule has 1 aliphatic rings. The highest BCUT2D eigenvalue weighted by molar-refractivity contribution is 6.01. The molecule has 0 saturated heterocycles. The van der Waals surface area contributed by atoms with Gasteiger partial charge in [-0.25, -0.2) is 13.8 Å². The number of ketones is 1. The minimum Gasteiger partial charge on any atom is -0.323 e. The number of carbonyl (C=O) groups excluding carboxylic acids is 1. The largest absolute Gasteiger partial charge is 0.323 e. The molecule has 3 aromatic rings. The number of benzene rings is 2. The van der Waals surface area contributed by atoms with Crippen molar-refractivity contribution in [3.8, 4) is 0 Å². The normalized spacial score (nSPS) is 16.0. The van der Waals surface area contributed by atoms with Crippen LogP contribution < -0.4 is 0 Å². The van der Waals surface area contributed by atoms with E-state index in [1.165, 1.54) is 0 Å². The van der Waals surface area contributed by atoms with E-state index < -0.39 is 17.4 Å². The quantitative estimate of drug-likeness (QED) is 0.626. The number of fused-ring (bicyclic) bond motifs is 1. The first kappa shape index (κ1) is 16.4. The van der Waals surface area contributed by atoms with Gasteiger partial charge in [0.25, 0.3) is 0 Å². The van der Waals surface area contributed by atoms with Crippen molar-refractivity contribution in [2.24, 2.45) is 0 Å². The minimum atomic E-state index is -0.706. The predicted octanol–water partition coefficient (Wildman–Crippen LogP) is 4.92. The molecule has 2 heterocycles. The van der Waals surface area contributed by atoms with Crippen molar-refractivity contribution in [3.63, 3.8) is 0 Å². The highest BCUT2D eigenvalue weighted by Gasteiger charge is 2.32.